The van der Waals surface area contributed by atoms with Crippen LogP contribution in [0.15, 0.2) is 30.7 Å². The van der Waals surface area contributed by atoms with E-state index in [1.54, 1.807) is 0 Å². The minimum atomic E-state index is 0.617. The Bertz CT molecular complexity index is 566. The second kappa shape index (κ2) is 7.57. The minimum Gasteiger partial charge on any atom is -0.490 e. The zero-order valence-corrected chi connectivity index (χ0v) is 12.9. The summed E-state index contributed by atoms with van der Waals surface area (Å²) in [7, 11) is 0. The highest BCUT2D eigenvalue weighted by Gasteiger charge is 2.07. The molecule has 0 radical (unpaired) electrons. The van der Waals surface area contributed by atoms with E-state index in [4.69, 9.17) is 9.47 Å². The molecule has 1 N–H and O–H groups in total. The largest absolute Gasteiger partial charge is 0.490 e. The van der Waals surface area contributed by atoms with Gasteiger partial charge in [-0.15, -0.1) is 0 Å². The first-order valence-corrected chi connectivity index (χ1v) is 7.41. The van der Waals surface area contributed by atoms with Gasteiger partial charge in [0.1, 0.15) is 0 Å². The Morgan fingerprint density at radius 1 is 1.10 bits per heavy atom. The van der Waals surface area contributed by atoms with E-state index in [0.29, 0.717) is 13.2 Å². The van der Waals surface area contributed by atoms with Gasteiger partial charge in [0.15, 0.2) is 11.5 Å². The number of aryl methyl sites for hydroxylation is 1. The third-order valence-corrected chi connectivity index (χ3v) is 3.16. The van der Waals surface area contributed by atoms with Gasteiger partial charge in [0.25, 0.3) is 0 Å². The first-order chi connectivity index (χ1) is 10.3. The molecule has 5 nitrogen and oxygen atoms in total. The lowest BCUT2D eigenvalue weighted by Gasteiger charge is -2.14. The van der Waals surface area contributed by atoms with Crippen LogP contribution in [0.4, 0.5) is 5.69 Å². The summed E-state index contributed by atoms with van der Waals surface area (Å²) in [5, 5.41) is 3.39. The van der Waals surface area contributed by atoms with Crippen molar-refractivity contribution in [2.75, 3.05) is 18.5 Å². The summed E-state index contributed by atoms with van der Waals surface area (Å²) in [5.41, 5.74) is 2.16. The third-order valence-electron chi connectivity index (χ3n) is 3.16. The van der Waals surface area contributed by atoms with Crippen molar-refractivity contribution >= 4 is 5.69 Å². The maximum Gasteiger partial charge on any atom is 0.163 e. The highest BCUT2D eigenvalue weighted by atomic mass is 16.5. The second-order valence-corrected chi connectivity index (χ2v) is 4.55. The van der Waals surface area contributed by atoms with Crippen LogP contribution in [0.1, 0.15) is 26.5 Å². The molecule has 0 fully saturated rings. The third kappa shape index (κ3) is 3.90. The molecular weight excluding hydrogens is 266 g/mol. The molecule has 114 valence electrons. The number of imidazole rings is 1. The van der Waals surface area contributed by atoms with Crippen LogP contribution in [0.5, 0.6) is 11.5 Å². The number of ether oxygens (including phenoxy) is 2. The highest BCUT2D eigenvalue weighted by Crippen LogP contribution is 2.30. The lowest BCUT2D eigenvalue weighted by atomic mass is 10.2. The predicted molar refractivity (Wildman–Crippen MR) is 84.0 cm³/mol. The number of aromatic nitrogens is 2. The molecule has 2 rings (SSSR count). The van der Waals surface area contributed by atoms with Crippen molar-refractivity contribution in [3.05, 3.63) is 36.4 Å². The first-order valence-electron chi connectivity index (χ1n) is 7.41. The van der Waals surface area contributed by atoms with Crippen molar-refractivity contribution in [2.24, 2.45) is 0 Å². The van der Waals surface area contributed by atoms with Crippen LogP contribution in [0, 0.1) is 0 Å². The molecule has 0 saturated heterocycles. The van der Waals surface area contributed by atoms with Gasteiger partial charge in [-0.2, -0.15) is 0 Å². The molecule has 5 heteroatoms. The topological polar surface area (TPSA) is 48.3 Å². The number of rotatable bonds is 8. The molecule has 1 aromatic heterocycles. The van der Waals surface area contributed by atoms with Crippen LogP contribution in [0.2, 0.25) is 0 Å². The highest BCUT2D eigenvalue weighted by molar-refractivity contribution is 5.54. The maximum absolute atomic E-state index is 5.63. The monoisotopic (exact) mass is 289 g/mol. The zero-order chi connectivity index (χ0) is 15.1. The van der Waals surface area contributed by atoms with Crippen molar-refractivity contribution in [1.29, 1.82) is 0 Å². The molecule has 0 saturated carbocycles. The van der Waals surface area contributed by atoms with Gasteiger partial charge in [0.2, 0.25) is 0 Å². The van der Waals surface area contributed by atoms with Crippen molar-refractivity contribution in [3.63, 3.8) is 0 Å². The fourth-order valence-electron chi connectivity index (χ4n) is 2.13. The minimum absolute atomic E-state index is 0.617. The van der Waals surface area contributed by atoms with E-state index < -0.39 is 0 Å². The summed E-state index contributed by atoms with van der Waals surface area (Å²) in [6.07, 6.45) is 3.73. The Labute approximate surface area is 125 Å². The summed E-state index contributed by atoms with van der Waals surface area (Å²) in [6.45, 7) is 8.94. The summed E-state index contributed by atoms with van der Waals surface area (Å²) in [5.74, 6) is 1.55. The molecule has 2 aromatic rings. The zero-order valence-electron chi connectivity index (χ0n) is 12.9. The van der Waals surface area contributed by atoms with Gasteiger partial charge >= 0.3 is 0 Å². The van der Waals surface area contributed by atoms with E-state index in [0.717, 1.165) is 36.0 Å². The molecule has 0 spiro atoms. The Morgan fingerprint density at radius 3 is 2.57 bits per heavy atom. The Morgan fingerprint density at radius 2 is 1.86 bits per heavy atom. The molecule has 0 amide bonds. The number of nitrogens with one attached hydrogen (secondary N) is 1. The summed E-state index contributed by atoms with van der Waals surface area (Å²) in [4.78, 5) is 4.17. The van der Waals surface area contributed by atoms with Crippen molar-refractivity contribution in [1.82, 2.24) is 9.55 Å². The van der Waals surface area contributed by atoms with Crippen molar-refractivity contribution < 1.29 is 9.47 Å². The fraction of sp³-hybridized carbons (Fsp3) is 0.438. The van der Waals surface area contributed by atoms with Gasteiger partial charge in [0.05, 0.1) is 31.8 Å². The van der Waals surface area contributed by atoms with E-state index >= 15 is 0 Å². The van der Waals surface area contributed by atoms with E-state index in [2.05, 4.69) is 21.8 Å². The molecule has 0 unspecified atom stereocenters. The molecule has 0 aliphatic carbocycles. The van der Waals surface area contributed by atoms with Crippen LogP contribution in [0.3, 0.4) is 0 Å². The molecule has 0 atom stereocenters. The number of nitrogens with zero attached hydrogens (tertiary/aromatic N) is 2. The predicted octanol–water partition coefficient (Wildman–Crippen LogP) is 3.31. The quantitative estimate of drug-likeness (QED) is 0.810. The molecule has 21 heavy (non-hydrogen) atoms. The van der Waals surface area contributed by atoms with E-state index in [1.165, 1.54) is 0 Å². The van der Waals surface area contributed by atoms with E-state index in [1.807, 2.05) is 44.6 Å². The molecule has 1 aromatic carbocycles. The van der Waals surface area contributed by atoms with Crippen LogP contribution >= 0.6 is 0 Å². The summed E-state index contributed by atoms with van der Waals surface area (Å²) >= 11 is 0. The molecule has 1 heterocycles. The average Bonchev–Trinajstić information content (AvgIpc) is 2.95. The van der Waals surface area contributed by atoms with Gasteiger partial charge < -0.3 is 19.4 Å². The first kappa shape index (κ1) is 15.2. The van der Waals surface area contributed by atoms with Gasteiger partial charge in [-0.25, -0.2) is 4.98 Å². The number of benzene rings is 1. The van der Waals surface area contributed by atoms with E-state index in [-0.39, 0.29) is 0 Å². The van der Waals surface area contributed by atoms with Gasteiger partial charge in [-0.05, 0) is 32.9 Å². The van der Waals surface area contributed by atoms with Crippen LogP contribution in [-0.4, -0.2) is 22.8 Å². The molecule has 0 aliphatic heterocycles. The van der Waals surface area contributed by atoms with Crippen LogP contribution < -0.4 is 14.8 Å². The fourth-order valence-corrected chi connectivity index (χ4v) is 2.13. The van der Waals surface area contributed by atoms with Gasteiger partial charge in [-0.1, -0.05) is 0 Å². The smallest absolute Gasteiger partial charge is 0.163 e. The summed E-state index contributed by atoms with van der Waals surface area (Å²) in [6, 6.07) is 5.91. The van der Waals surface area contributed by atoms with Gasteiger partial charge in [0, 0.05) is 24.5 Å². The lowest BCUT2D eigenvalue weighted by Crippen LogP contribution is -2.06. The molecule has 0 aliphatic rings. The normalized spacial score (nSPS) is 10.4. The Kier molecular flexibility index (Phi) is 5.49. The average molecular weight is 289 g/mol. The molecule has 0 bridgehead atoms. The van der Waals surface area contributed by atoms with Crippen LogP contribution in [0.25, 0.3) is 0 Å². The van der Waals surface area contributed by atoms with E-state index in [9.17, 15) is 0 Å². The number of anilines is 1. The second-order valence-electron chi connectivity index (χ2n) is 4.55. The summed E-state index contributed by atoms with van der Waals surface area (Å²) < 4.78 is 13.3. The lowest BCUT2D eigenvalue weighted by molar-refractivity contribution is 0.288. The standard InChI is InChI=1S/C16H23N3O2/c1-4-19-12-17-10-14(19)11-18-13-7-8-15(20-5-2)16(9-13)21-6-3/h7-10,12,18H,4-6,11H2,1-3H3. The number of hydrogen-bond donors (Lipinski definition) is 1. The van der Waals surface area contributed by atoms with Crippen molar-refractivity contribution in [3.8, 4) is 11.5 Å². The number of hydrogen-bond acceptors (Lipinski definition) is 4. The SMILES string of the molecule is CCOc1ccc(NCc2cncn2CC)cc1OCC. The maximum atomic E-state index is 5.63. The Balaban J connectivity index is 2.07. The van der Waals surface area contributed by atoms with Gasteiger partial charge in [-0.3, -0.25) is 0 Å². The Hall–Kier alpha value is -2.17. The molecular formula is C16H23N3O2. The van der Waals surface area contributed by atoms with Crippen LogP contribution in [-0.2, 0) is 13.1 Å². The van der Waals surface area contributed by atoms with Crippen molar-refractivity contribution in [2.45, 2.75) is 33.9 Å².